The van der Waals surface area contributed by atoms with Gasteiger partial charge in [-0.05, 0) is 36.5 Å². The zero-order valence-corrected chi connectivity index (χ0v) is 15.1. The number of hydrogen-bond donors (Lipinski definition) is 2. The second-order valence-electron chi connectivity index (χ2n) is 5.10. The molecular weight excluding hydrogens is 376 g/mol. The van der Waals surface area contributed by atoms with E-state index in [0.717, 1.165) is 16.4 Å². The summed E-state index contributed by atoms with van der Waals surface area (Å²) < 4.78 is 0.658. The Morgan fingerprint density at radius 1 is 1.30 bits per heavy atom. The highest BCUT2D eigenvalue weighted by Crippen LogP contribution is 2.33. The molecule has 1 aliphatic heterocycles. The second kappa shape index (κ2) is 6.80. The van der Waals surface area contributed by atoms with Crippen molar-refractivity contribution in [2.24, 2.45) is 0 Å². The summed E-state index contributed by atoms with van der Waals surface area (Å²) in [5.41, 5.74) is -0.938. The van der Waals surface area contributed by atoms with Crippen LogP contribution >= 0.6 is 46.0 Å². The minimum absolute atomic E-state index is 0.244. The molecule has 2 N–H and O–H groups in total. The predicted octanol–water partition coefficient (Wildman–Crippen LogP) is 3.61. The third kappa shape index (κ3) is 3.55. The van der Waals surface area contributed by atoms with E-state index in [2.05, 4.69) is 10.3 Å². The van der Waals surface area contributed by atoms with E-state index in [4.69, 9.17) is 11.6 Å². The molecule has 1 amide bonds. The van der Waals surface area contributed by atoms with Crippen LogP contribution in [-0.4, -0.2) is 39.0 Å². The first kappa shape index (κ1) is 16.8. The van der Waals surface area contributed by atoms with Gasteiger partial charge in [0.05, 0.1) is 9.21 Å². The van der Waals surface area contributed by atoms with Crippen molar-refractivity contribution in [2.75, 3.05) is 11.5 Å². The molecule has 0 aromatic carbocycles. The van der Waals surface area contributed by atoms with Gasteiger partial charge in [0, 0.05) is 5.38 Å². The molecule has 122 valence electrons. The van der Waals surface area contributed by atoms with Crippen molar-refractivity contribution in [2.45, 2.75) is 18.4 Å². The molecule has 0 spiro atoms. The van der Waals surface area contributed by atoms with E-state index < -0.39 is 17.4 Å². The zero-order valence-electron chi connectivity index (χ0n) is 11.9. The third-order valence-corrected chi connectivity index (χ3v) is 6.86. The van der Waals surface area contributed by atoms with Crippen LogP contribution in [0, 0.1) is 0 Å². The number of rotatable bonds is 4. The van der Waals surface area contributed by atoms with Crippen LogP contribution in [0.2, 0.25) is 4.34 Å². The highest BCUT2D eigenvalue weighted by molar-refractivity contribution is 7.99. The van der Waals surface area contributed by atoms with Gasteiger partial charge in [-0.3, -0.25) is 4.79 Å². The fraction of sp³-hybridized carbons (Fsp3) is 0.357. The maximum Gasteiger partial charge on any atom is 0.329 e. The van der Waals surface area contributed by atoms with Gasteiger partial charge >= 0.3 is 5.97 Å². The molecule has 1 saturated heterocycles. The number of carboxylic acids is 1. The number of carbonyl (C=O) groups excluding carboxylic acids is 1. The number of nitrogens with one attached hydrogen (secondary N) is 1. The average molecular weight is 389 g/mol. The Balaban J connectivity index is 1.78. The van der Waals surface area contributed by atoms with Crippen molar-refractivity contribution < 1.29 is 14.7 Å². The first-order chi connectivity index (χ1) is 11.0. The largest absolute Gasteiger partial charge is 0.480 e. The molecule has 3 rings (SSSR count). The summed E-state index contributed by atoms with van der Waals surface area (Å²) >= 11 is 10.3. The number of thioether (sulfide) groups is 1. The minimum atomic E-state index is -1.18. The molecule has 2 aromatic rings. The van der Waals surface area contributed by atoms with Crippen LogP contribution < -0.4 is 5.32 Å². The normalized spacial score (nSPS) is 16.9. The molecule has 0 unspecified atom stereocenters. The van der Waals surface area contributed by atoms with E-state index in [9.17, 15) is 14.7 Å². The molecule has 0 bridgehead atoms. The Labute approximate surface area is 150 Å². The molecule has 0 radical (unpaired) electrons. The lowest BCUT2D eigenvalue weighted by molar-refractivity contribution is -0.144. The van der Waals surface area contributed by atoms with E-state index in [-0.39, 0.29) is 5.69 Å². The lowest BCUT2D eigenvalue weighted by Crippen LogP contribution is -2.56. The number of thiophene rings is 1. The van der Waals surface area contributed by atoms with Crippen LogP contribution in [0.4, 0.5) is 0 Å². The van der Waals surface area contributed by atoms with E-state index in [1.54, 1.807) is 23.2 Å². The molecule has 3 heterocycles. The minimum Gasteiger partial charge on any atom is -0.480 e. The fourth-order valence-corrected chi connectivity index (χ4v) is 5.42. The van der Waals surface area contributed by atoms with E-state index in [1.165, 1.54) is 22.7 Å². The Hall–Kier alpha value is -1.09. The van der Waals surface area contributed by atoms with Gasteiger partial charge in [-0.15, -0.1) is 22.7 Å². The van der Waals surface area contributed by atoms with Gasteiger partial charge in [-0.1, -0.05) is 11.6 Å². The van der Waals surface area contributed by atoms with Crippen molar-refractivity contribution in [3.8, 4) is 9.88 Å². The van der Waals surface area contributed by atoms with Crippen LogP contribution in [0.25, 0.3) is 9.88 Å². The summed E-state index contributed by atoms with van der Waals surface area (Å²) in [6.07, 6.45) is 0.854. The molecule has 0 saturated carbocycles. The number of aliphatic carboxylic acids is 1. The van der Waals surface area contributed by atoms with Crippen molar-refractivity contribution in [3.63, 3.8) is 0 Å². The van der Waals surface area contributed by atoms with Gasteiger partial charge < -0.3 is 10.4 Å². The summed E-state index contributed by atoms with van der Waals surface area (Å²) in [6.45, 7) is 0. The van der Waals surface area contributed by atoms with Crippen LogP contribution in [0.1, 0.15) is 23.3 Å². The number of thiazole rings is 1. The Kier molecular flexibility index (Phi) is 4.96. The zero-order chi connectivity index (χ0) is 16.4. The van der Waals surface area contributed by atoms with Crippen molar-refractivity contribution >= 4 is 57.9 Å². The molecule has 0 aliphatic carbocycles. The summed E-state index contributed by atoms with van der Waals surface area (Å²) in [5.74, 6) is 0.0293. The number of carboxylic acid groups (broad SMARTS) is 1. The molecule has 5 nitrogen and oxygen atoms in total. The SMILES string of the molecule is O=C(NC1(C(=O)O)CCSCC1)c1csc(-c2ccc(Cl)s2)n1. The lowest BCUT2D eigenvalue weighted by atomic mass is 9.92. The summed E-state index contributed by atoms with van der Waals surface area (Å²) in [4.78, 5) is 29.2. The summed E-state index contributed by atoms with van der Waals surface area (Å²) in [7, 11) is 0. The highest BCUT2D eigenvalue weighted by Gasteiger charge is 2.41. The predicted molar refractivity (Wildman–Crippen MR) is 94.8 cm³/mol. The number of hydrogen-bond acceptors (Lipinski definition) is 6. The molecule has 0 atom stereocenters. The van der Waals surface area contributed by atoms with Crippen LogP contribution in [0.3, 0.4) is 0 Å². The van der Waals surface area contributed by atoms with E-state index >= 15 is 0 Å². The van der Waals surface area contributed by atoms with Crippen molar-refractivity contribution in [3.05, 3.63) is 27.5 Å². The number of halogens is 1. The molecular formula is C14H13ClN2O3S3. The van der Waals surface area contributed by atoms with Gasteiger partial charge in [0.2, 0.25) is 0 Å². The van der Waals surface area contributed by atoms with Crippen LogP contribution in [0.15, 0.2) is 17.5 Å². The van der Waals surface area contributed by atoms with Gasteiger partial charge in [-0.25, -0.2) is 9.78 Å². The first-order valence-corrected chi connectivity index (χ1v) is 10.1. The molecule has 2 aromatic heterocycles. The number of amides is 1. The number of aromatic nitrogens is 1. The van der Waals surface area contributed by atoms with Gasteiger partial charge in [-0.2, -0.15) is 11.8 Å². The van der Waals surface area contributed by atoms with Gasteiger partial charge in [0.1, 0.15) is 16.2 Å². The van der Waals surface area contributed by atoms with Gasteiger partial charge in [0.15, 0.2) is 0 Å². The van der Waals surface area contributed by atoms with E-state index in [1.807, 2.05) is 6.07 Å². The Morgan fingerprint density at radius 3 is 2.65 bits per heavy atom. The Morgan fingerprint density at radius 2 is 2.04 bits per heavy atom. The quantitative estimate of drug-likeness (QED) is 0.836. The number of carbonyl (C=O) groups is 2. The molecule has 23 heavy (non-hydrogen) atoms. The maximum atomic E-state index is 12.4. The maximum absolute atomic E-state index is 12.4. The monoisotopic (exact) mass is 388 g/mol. The molecule has 1 fully saturated rings. The van der Waals surface area contributed by atoms with Crippen molar-refractivity contribution in [1.82, 2.24) is 10.3 Å². The standard InChI is InChI=1S/C14H13ClN2O3S3/c15-10-2-1-9(23-10)12-16-8(7-22-12)11(18)17-14(13(19)20)3-5-21-6-4-14/h1-2,7H,3-6H2,(H,17,18)(H,19,20). The highest BCUT2D eigenvalue weighted by atomic mass is 35.5. The second-order valence-corrected chi connectivity index (χ2v) is 8.89. The number of nitrogens with zero attached hydrogens (tertiary/aromatic N) is 1. The smallest absolute Gasteiger partial charge is 0.329 e. The third-order valence-electron chi connectivity index (χ3n) is 3.63. The lowest BCUT2D eigenvalue weighted by Gasteiger charge is -2.33. The fourth-order valence-electron chi connectivity index (χ4n) is 2.31. The average Bonchev–Trinajstić information content (AvgIpc) is 3.16. The van der Waals surface area contributed by atoms with Crippen molar-refractivity contribution in [1.29, 1.82) is 0 Å². The topological polar surface area (TPSA) is 79.3 Å². The Bertz CT molecular complexity index is 737. The van der Waals surface area contributed by atoms with Crippen LogP contribution in [-0.2, 0) is 4.79 Å². The summed E-state index contributed by atoms with van der Waals surface area (Å²) in [5, 5.41) is 14.6. The van der Waals surface area contributed by atoms with E-state index in [0.29, 0.717) is 22.2 Å². The summed E-state index contributed by atoms with van der Waals surface area (Å²) in [6, 6.07) is 3.63. The molecule has 1 aliphatic rings. The van der Waals surface area contributed by atoms with Gasteiger partial charge in [0.25, 0.3) is 5.91 Å². The molecule has 9 heteroatoms. The van der Waals surface area contributed by atoms with Crippen LogP contribution in [0.5, 0.6) is 0 Å². The first-order valence-electron chi connectivity index (χ1n) is 6.85.